The molecule has 1 aliphatic rings. The number of hydrogen-bond acceptors (Lipinski definition) is 2. The molecule has 0 aliphatic carbocycles. The van der Waals surface area contributed by atoms with Gasteiger partial charge in [-0.1, -0.05) is 26.8 Å². The monoisotopic (exact) mass is 252 g/mol. The van der Waals surface area contributed by atoms with E-state index in [-0.39, 0.29) is 23.3 Å². The Morgan fingerprint density at radius 2 is 1.78 bits per heavy atom. The van der Waals surface area contributed by atoms with E-state index < -0.39 is 0 Å². The minimum atomic E-state index is -0.318. The predicted molar refractivity (Wildman–Crippen MR) is 72.0 cm³/mol. The number of piperidine rings is 1. The maximum atomic E-state index is 12.1. The van der Waals surface area contributed by atoms with E-state index >= 15 is 0 Å². The van der Waals surface area contributed by atoms with Gasteiger partial charge in [0.1, 0.15) is 0 Å². The topological polar surface area (TPSA) is 49.4 Å². The second-order valence-corrected chi connectivity index (χ2v) is 5.83. The molecule has 1 aliphatic heterocycles. The van der Waals surface area contributed by atoms with E-state index in [4.69, 9.17) is 0 Å². The number of nitrogens with one attached hydrogen (secondary N) is 1. The normalized spacial score (nSPS) is 18.1. The van der Waals surface area contributed by atoms with E-state index in [9.17, 15) is 9.59 Å². The van der Waals surface area contributed by atoms with E-state index in [1.54, 1.807) is 6.08 Å². The minimum absolute atomic E-state index is 0.0434. The Hall–Kier alpha value is -1.32. The summed E-state index contributed by atoms with van der Waals surface area (Å²) in [5.74, 6) is 0.152. The molecule has 2 amide bonds. The standard InChI is InChI=1S/C14H24N2O2/c1-5-6-12(17)15-11-7-9-16(10-8-11)13(18)14(2,3)4/h5-6,11H,7-10H2,1-4H3,(H,15,17). The van der Waals surface area contributed by atoms with E-state index in [1.807, 2.05) is 32.6 Å². The van der Waals surface area contributed by atoms with E-state index in [0.29, 0.717) is 0 Å². The first-order valence-corrected chi connectivity index (χ1v) is 6.57. The summed E-state index contributed by atoms with van der Waals surface area (Å²) < 4.78 is 0. The Kier molecular flexibility index (Phi) is 4.93. The van der Waals surface area contributed by atoms with Gasteiger partial charge in [-0.3, -0.25) is 9.59 Å². The van der Waals surface area contributed by atoms with Crippen LogP contribution < -0.4 is 5.32 Å². The molecular formula is C14H24N2O2. The molecule has 4 heteroatoms. The third-order valence-corrected chi connectivity index (χ3v) is 3.09. The third kappa shape index (κ3) is 4.17. The number of allylic oxidation sites excluding steroid dienone is 1. The Morgan fingerprint density at radius 3 is 2.22 bits per heavy atom. The molecule has 18 heavy (non-hydrogen) atoms. The molecule has 1 rings (SSSR count). The Bertz CT molecular complexity index is 334. The van der Waals surface area contributed by atoms with Crippen molar-refractivity contribution in [3.63, 3.8) is 0 Å². The molecular weight excluding hydrogens is 228 g/mol. The van der Waals surface area contributed by atoms with Crippen molar-refractivity contribution in [3.8, 4) is 0 Å². The maximum Gasteiger partial charge on any atom is 0.243 e. The molecule has 0 bridgehead atoms. The van der Waals surface area contributed by atoms with Gasteiger partial charge in [0, 0.05) is 24.5 Å². The number of carbonyl (C=O) groups is 2. The van der Waals surface area contributed by atoms with Crippen molar-refractivity contribution in [1.82, 2.24) is 10.2 Å². The van der Waals surface area contributed by atoms with Crippen molar-refractivity contribution in [2.24, 2.45) is 5.41 Å². The summed E-state index contributed by atoms with van der Waals surface area (Å²) in [4.78, 5) is 25.4. The summed E-state index contributed by atoms with van der Waals surface area (Å²) in [6, 6.07) is 0.192. The fourth-order valence-corrected chi connectivity index (χ4v) is 2.10. The first-order valence-electron chi connectivity index (χ1n) is 6.57. The van der Waals surface area contributed by atoms with Crippen LogP contribution in [0.5, 0.6) is 0 Å². The Morgan fingerprint density at radius 1 is 1.22 bits per heavy atom. The molecule has 0 saturated carbocycles. The number of nitrogens with zero attached hydrogens (tertiary/aromatic N) is 1. The van der Waals surface area contributed by atoms with Gasteiger partial charge in [0.25, 0.3) is 0 Å². The van der Waals surface area contributed by atoms with Crippen LogP contribution in [-0.2, 0) is 9.59 Å². The summed E-state index contributed by atoms with van der Waals surface area (Å²) >= 11 is 0. The van der Waals surface area contributed by atoms with Crippen LogP contribution in [0.25, 0.3) is 0 Å². The smallest absolute Gasteiger partial charge is 0.243 e. The first kappa shape index (κ1) is 14.7. The van der Waals surface area contributed by atoms with E-state index in [1.165, 1.54) is 6.08 Å². The van der Waals surface area contributed by atoms with Gasteiger partial charge in [-0.2, -0.15) is 0 Å². The number of hydrogen-bond donors (Lipinski definition) is 1. The van der Waals surface area contributed by atoms with Crippen molar-refractivity contribution < 1.29 is 9.59 Å². The highest BCUT2D eigenvalue weighted by atomic mass is 16.2. The molecule has 0 unspecified atom stereocenters. The van der Waals surface area contributed by atoms with Crippen molar-refractivity contribution in [2.45, 2.75) is 46.6 Å². The van der Waals surface area contributed by atoms with Crippen LogP contribution in [0.2, 0.25) is 0 Å². The van der Waals surface area contributed by atoms with Crippen LogP contribution in [0.1, 0.15) is 40.5 Å². The third-order valence-electron chi connectivity index (χ3n) is 3.09. The van der Waals surface area contributed by atoms with Crippen LogP contribution in [0, 0.1) is 5.41 Å². The summed E-state index contributed by atoms with van der Waals surface area (Å²) in [5.41, 5.74) is -0.318. The quantitative estimate of drug-likeness (QED) is 0.761. The molecule has 0 aromatic rings. The Labute approximate surface area is 109 Å². The molecule has 0 aromatic carbocycles. The van der Waals surface area contributed by atoms with Crippen molar-refractivity contribution in [3.05, 3.63) is 12.2 Å². The van der Waals surface area contributed by atoms with Gasteiger partial charge in [-0.05, 0) is 25.8 Å². The zero-order valence-electron chi connectivity index (χ0n) is 11.8. The highest BCUT2D eigenvalue weighted by Crippen LogP contribution is 2.20. The largest absolute Gasteiger partial charge is 0.350 e. The van der Waals surface area contributed by atoms with Gasteiger partial charge in [-0.25, -0.2) is 0 Å². The molecule has 4 nitrogen and oxygen atoms in total. The van der Waals surface area contributed by atoms with Crippen molar-refractivity contribution in [2.75, 3.05) is 13.1 Å². The highest BCUT2D eigenvalue weighted by Gasteiger charge is 2.30. The van der Waals surface area contributed by atoms with Crippen molar-refractivity contribution in [1.29, 1.82) is 0 Å². The van der Waals surface area contributed by atoms with Crippen LogP contribution in [-0.4, -0.2) is 35.8 Å². The number of rotatable bonds is 2. The second kappa shape index (κ2) is 6.03. The fourth-order valence-electron chi connectivity index (χ4n) is 2.10. The summed E-state index contributed by atoms with van der Waals surface area (Å²) in [6.07, 6.45) is 4.94. The molecule has 0 aromatic heterocycles. The van der Waals surface area contributed by atoms with Crippen LogP contribution in [0.4, 0.5) is 0 Å². The van der Waals surface area contributed by atoms with Crippen LogP contribution in [0.3, 0.4) is 0 Å². The van der Waals surface area contributed by atoms with Crippen molar-refractivity contribution >= 4 is 11.8 Å². The highest BCUT2D eigenvalue weighted by molar-refractivity contribution is 5.87. The number of likely N-dealkylation sites (tertiary alicyclic amines) is 1. The molecule has 0 radical (unpaired) electrons. The molecule has 1 fully saturated rings. The lowest BCUT2D eigenvalue weighted by Gasteiger charge is -2.35. The van der Waals surface area contributed by atoms with Gasteiger partial charge in [0.2, 0.25) is 11.8 Å². The molecule has 102 valence electrons. The summed E-state index contributed by atoms with van der Waals surface area (Å²) in [7, 11) is 0. The molecule has 1 heterocycles. The molecule has 1 saturated heterocycles. The maximum absolute atomic E-state index is 12.1. The zero-order chi connectivity index (χ0) is 13.8. The summed E-state index contributed by atoms with van der Waals surface area (Å²) in [5, 5.41) is 2.95. The lowest BCUT2D eigenvalue weighted by Crippen LogP contribution is -2.49. The van der Waals surface area contributed by atoms with Gasteiger partial charge in [-0.15, -0.1) is 0 Å². The number of amides is 2. The molecule has 0 atom stereocenters. The van der Waals surface area contributed by atoms with E-state index in [0.717, 1.165) is 25.9 Å². The SMILES string of the molecule is CC=CC(=O)NC1CCN(C(=O)C(C)(C)C)CC1. The van der Waals surface area contributed by atoms with Gasteiger partial charge < -0.3 is 10.2 Å². The second-order valence-electron chi connectivity index (χ2n) is 5.83. The fraction of sp³-hybridized carbons (Fsp3) is 0.714. The lowest BCUT2D eigenvalue weighted by molar-refractivity contribution is -0.140. The average molecular weight is 252 g/mol. The van der Waals surface area contributed by atoms with Gasteiger partial charge in [0.05, 0.1) is 0 Å². The van der Waals surface area contributed by atoms with Crippen LogP contribution in [0.15, 0.2) is 12.2 Å². The Balaban J connectivity index is 2.42. The molecule has 1 N–H and O–H groups in total. The first-order chi connectivity index (χ1) is 8.34. The predicted octanol–water partition coefficient (Wildman–Crippen LogP) is 1.72. The average Bonchev–Trinajstić information content (AvgIpc) is 2.28. The van der Waals surface area contributed by atoms with Gasteiger partial charge >= 0.3 is 0 Å². The van der Waals surface area contributed by atoms with Crippen LogP contribution >= 0.6 is 0 Å². The molecule has 0 spiro atoms. The van der Waals surface area contributed by atoms with Gasteiger partial charge in [0.15, 0.2) is 0 Å². The number of carbonyl (C=O) groups excluding carboxylic acids is 2. The zero-order valence-corrected chi connectivity index (χ0v) is 11.8. The lowest BCUT2D eigenvalue weighted by atomic mass is 9.93. The minimum Gasteiger partial charge on any atom is -0.350 e. The van der Waals surface area contributed by atoms with E-state index in [2.05, 4.69) is 5.32 Å². The summed E-state index contributed by atoms with van der Waals surface area (Å²) in [6.45, 7) is 9.11.